The minimum atomic E-state index is -0.303. The number of epoxide rings is 2. The van der Waals surface area contributed by atoms with Crippen molar-refractivity contribution in [3.63, 3.8) is 0 Å². The Kier molecular flexibility index (Phi) is 7.09. The van der Waals surface area contributed by atoms with E-state index in [1.165, 1.54) is 5.57 Å². The molecule has 1 spiro atoms. The Labute approximate surface area is 175 Å². The Morgan fingerprint density at radius 3 is 2.69 bits per heavy atom. The van der Waals surface area contributed by atoms with Crippen molar-refractivity contribution in [3.05, 3.63) is 11.6 Å². The molecule has 0 aromatic rings. The summed E-state index contributed by atoms with van der Waals surface area (Å²) in [6.45, 7) is 12.5. The van der Waals surface area contributed by atoms with Crippen molar-refractivity contribution in [2.24, 2.45) is 11.8 Å². The molecule has 0 aromatic carbocycles. The third-order valence-corrected chi connectivity index (χ3v) is 6.98. The highest BCUT2D eigenvalue weighted by molar-refractivity contribution is 5.71. The number of hydrogen-bond donors (Lipinski definition) is 1. The molecule has 3 aliphatic rings. The number of esters is 1. The number of ether oxygens (including phenoxy) is 4. The molecule has 1 N–H and O–H groups in total. The van der Waals surface area contributed by atoms with Crippen LogP contribution in [-0.2, 0) is 23.7 Å². The Hall–Kier alpha value is -0.950. The topological polar surface area (TPSA) is 72.6 Å². The van der Waals surface area contributed by atoms with Crippen LogP contribution in [0.15, 0.2) is 11.6 Å². The number of rotatable bonds is 10. The van der Waals surface area contributed by atoms with Crippen LogP contribution in [0.5, 0.6) is 0 Å². The maximum Gasteiger partial charge on any atom is 0.320 e. The number of allylic oxidation sites excluding steroid dienone is 1. The molecule has 2 heterocycles. The van der Waals surface area contributed by atoms with Crippen molar-refractivity contribution in [2.75, 3.05) is 26.8 Å². The zero-order chi connectivity index (χ0) is 21.2. The fourth-order valence-corrected chi connectivity index (χ4v) is 4.85. The highest BCUT2D eigenvalue weighted by atomic mass is 16.6. The molecule has 2 saturated heterocycles. The molecule has 1 aliphatic carbocycles. The zero-order valence-electron chi connectivity index (χ0n) is 19.0. The van der Waals surface area contributed by atoms with Crippen molar-refractivity contribution in [3.8, 4) is 0 Å². The van der Waals surface area contributed by atoms with Gasteiger partial charge >= 0.3 is 5.97 Å². The van der Waals surface area contributed by atoms with Crippen LogP contribution in [0.3, 0.4) is 0 Å². The van der Waals surface area contributed by atoms with Gasteiger partial charge in [-0.2, -0.15) is 0 Å². The van der Waals surface area contributed by atoms with Gasteiger partial charge in [-0.15, -0.1) is 0 Å². The van der Waals surface area contributed by atoms with Crippen LogP contribution < -0.4 is 5.32 Å². The molecule has 0 radical (unpaired) electrons. The first kappa shape index (κ1) is 22.7. The first-order valence-corrected chi connectivity index (χ1v) is 11.1. The van der Waals surface area contributed by atoms with E-state index in [1.807, 2.05) is 0 Å². The molecule has 166 valence electrons. The van der Waals surface area contributed by atoms with Crippen LogP contribution in [-0.4, -0.2) is 62.3 Å². The molecule has 6 nitrogen and oxygen atoms in total. The third kappa shape index (κ3) is 5.04. The van der Waals surface area contributed by atoms with Crippen molar-refractivity contribution in [2.45, 2.75) is 89.8 Å². The number of carbonyl (C=O) groups is 1. The number of hydrogen-bond acceptors (Lipinski definition) is 6. The molecular weight excluding hydrogens is 370 g/mol. The summed E-state index contributed by atoms with van der Waals surface area (Å²) >= 11 is 0. The van der Waals surface area contributed by atoms with Gasteiger partial charge in [0.2, 0.25) is 0 Å². The molecule has 1 saturated carbocycles. The molecule has 7 atom stereocenters. The molecule has 29 heavy (non-hydrogen) atoms. The van der Waals surface area contributed by atoms with Crippen LogP contribution in [0.1, 0.15) is 60.3 Å². The van der Waals surface area contributed by atoms with Crippen LogP contribution >= 0.6 is 0 Å². The SMILES string of the molecule is CCC(C)CNCC(=O)OC1CCC2(CO2)C(C2(C)OC2CC=C(C)C)C1OC. The summed E-state index contributed by atoms with van der Waals surface area (Å²) in [5.74, 6) is 0.398. The maximum atomic E-state index is 12.4. The number of nitrogens with one attached hydrogen (secondary N) is 1. The van der Waals surface area contributed by atoms with Gasteiger partial charge in [-0.1, -0.05) is 31.9 Å². The van der Waals surface area contributed by atoms with E-state index in [2.05, 4.69) is 46.0 Å². The first-order chi connectivity index (χ1) is 13.8. The molecule has 0 aromatic heterocycles. The van der Waals surface area contributed by atoms with Gasteiger partial charge in [-0.05, 0) is 52.5 Å². The molecule has 3 rings (SSSR count). The summed E-state index contributed by atoms with van der Waals surface area (Å²) in [5.41, 5.74) is 0.805. The smallest absolute Gasteiger partial charge is 0.320 e. The Morgan fingerprint density at radius 2 is 2.10 bits per heavy atom. The van der Waals surface area contributed by atoms with Crippen LogP contribution in [0, 0.1) is 11.8 Å². The predicted molar refractivity (Wildman–Crippen MR) is 112 cm³/mol. The third-order valence-electron chi connectivity index (χ3n) is 6.98. The minimum Gasteiger partial charge on any atom is -0.459 e. The van der Waals surface area contributed by atoms with E-state index in [9.17, 15) is 4.79 Å². The molecule has 6 heteroatoms. The number of methoxy groups -OCH3 is 1. The molecular formula is C23H39NO5. The van der Waals surface area contributed by atoms with Gasteiger partial charge in [0, 0.05) is 7.11 Å². The second kappa shape index (κ2) is 9.04. The van der Waals surface area contributed by atoms with E-state index >= 15 is 0 Å². The average Bonchev–Trinajstić information content (AvgIpc) is 3.59. The number of carbonyl (C=O) groups excluding carboxylic acids is 1. The van der Waals surface area contributed by atoms with Crippen molar-refractivity contribution >= 4 is 5.97 Å². The van der Waals surface area contributed by atoms with Gasteiger partial charge in [0.15, 0.2) is 0 Å². The average molecular weight is 410 g/mol. The first-order valence-electron chi connectivity index (χ1n) is 11.1. The van der Waals surface area contributed by atoms with Gasteiger partial charge in [0.05, 0.1) is 25.2 Å². The normalized spacial score (nSPS) is 39.1. The zero-order valence-corrected chi connectivity index (χ0v) is 19.0. The summed E-state index contributed by atoms with van der Waals surface area (Å²) < 4.78 is 23.9. The van der Waals surface area contributed by atoms with Crippen molar-refractivity contribution in [1.82, 2.24) is 5.32 Å². The predicted octanol–water partition coefficient (Wildman–Crippen LogP) is 3.24. The van der Waals surface area contributed by atoms with Crippen LogP contribution in [0.4, 0.5) is 0 Å². The summed E-state index contributed by atoms with van der Waals surface area (Å²) in [5, 5.41) is 3.20. The standard InChI is InChI=1S/C23H39NO5/c1-7-16(4)12-24-13-19(25)28-17-10-11-23(14-27-23)21(20(17)26-6)22(5)18(29-22)9-8-15(2)3/h8,16-18,20-21,24H,7,9-14H2,1-6H3. The largest absolute Gasteiger partial charge is 0.459 e. The second-order valence-electron chi connectivity index (χ2n) is 9.55. The van der Waals surface area contributed by atoms with Gasteiger partial charge in [-0.25, -0.2) is 0 Å². The summed E-state index contributed by atoms with van der Waals surface area (Å²) in [7, 11) is 1.71. The van der Waals surface area contributed by atoms with E-state index in [0.717, 1.165) is 38.8 Å². The van der Waals surface area contributed by atoms with Gasteiger partial charge in [0.25, 0.3) is 0 Å². The Balaban J connectivity index is 1.63. The quantitative estimate of drug-likeness (QED) is 0.339. The lowest BCUT2D eigenvalue weighted by Gasteiger charge is -2.42. The monoisotopic (exact) mass is 409 g/mol. The van der Waals surface area contributed by atoms with Gasteiger partial charge < -0.3 is 24.3 Å². The molecule has 2 aliphatic heterocycles. The highest BCUT2D eigenvalue weighted by Gasteiger charge is 2.72. The van der Waals surface area contributed by atoms with Gasteiger partial charge in [-0.3, -0.25) is 4.79 Å². The fraction of sp³-hybridized carbons (Fsp3) is 0.870. The molecule has 0 bridgehead atoms. The highest BCUT2D eigenvalue weighted by Crippen LogP contribution is 2.59. The summed E-state index contributed by atoms with van der Waals surface area (Å²) in [6.07, 6.45) is 5.53. The van der Waals surface area contributed by atoms with E-state index in [0.29, 0.717) is 5.92 Å². The van der Waals surface area contributed by atoms with E-state index in [4.69, 9.17) is 18.9 Å². The summed E-state index contributed by atoms with van der Waals surface area (Å²) in [6, 6.07) is 0. The Bertz CT molecular complexity index is 612. The lowest BCUT2D eigenvalue weighted by atomic mass is 9.68. The second-order valence-corrected chi connectivity index (χ2v) is 9.55. The summed E-state index contributed by atoms with van der Waals surface area (Å²) in [4.78, 5) is 12.4. The van der Waals surface area contributed by atoms with Crippen molar-refractivity contribution < 1.29 is 23.7 Å². The van der Waals surface area contributed by atoms with E-state index in [1.54, 1.807) is 7.11 Å². The molecule has 7 unspecified atom stereocenters. The van der Waals surface area contributed by atoms with Crippen molar-refractivity contribution in [1.29, 1.82) is 0 Å². The lowest BCUT2D eigenvalue weighted by Crippen LogP contribution is -2.56. The van der Waals surface area contributed by atoms with Crippen LogP contribution in [0.25, 0.3) is 0 Å². The molecule has 3 fully saturated rings. The maximum absolute atomic E-state index is 12.4. The van der Waals surface area contributed by atoms with Gasteiger partial charge in [0.1, 0.15) is 23.4 Å². The van der Waals surface area contributed by atoms with Crippen LogP contribution in [0.2, 0.25) is 0 Å². The minimum absolute atomic E-state index is 0.0650. The Morgan fingerprint density at radius 1 is 1.38 bits per heavy atom. The lowest BCUT2D eigenvalue weighted by molar-refractivity contribution is -0.170. The van der Waals surface area contributed by atoms with E-state index < -0.39 is 0 Å². The molecule has 0 amide bonds. The van der Waals surface area contributed by atoms with E-state index in [-0.39, 0.29) is 47.9 Å². The fourth-order valence-electron chi connectivity index (χ4n) is 4.85.